The minimum absolute atomic E-state index is 0.229. The predicted molar refractivity (Wildman–Crippen MR) is 139 cm³/mol. The molecule has 12 nitrogen and oxygen atoms in total. The Bertz CT molecular complexity index is 1230. The lowest BCUT2D eigenvalue weighted by molar-refractivity contribution is -0.132. The number of hydrogen-bond donors (Lipinski definition) is 9. The van der Waals surface area contributed by atoms with E-state index in [1.165, 1.54) is 72.8 Å². The monoisotopic (exact) mass is 540 g/mol. The van der Waals surface area contributed by atoms with Crippen molar-refractivity contribution < 1.29 is 60.3 Å². The van der Waals surface area contributed by atoms with Crippen LogP contribution in [0.2, 0.25) is 0 Å². The van der Waals surface area contributed by atoms with E-state index >= 15 is 0 Å². The second kappa shape index (κ2) is 15.3. The van der Waals surface area contributed by atoms with Crippen LogP contribution in [0.25, 0.3) is 18.2 Å². The second-order valence-corrected chi connectivity index (χ2v) is 7.26. The molecule has 0 saturated heterocycles. The fourth-order valence-corrected chi connectivity index (χ4v) is 2.43. The van der Waals surface area contributed by atoms with Crippen molar-refractivity contribution in [2.75, 3.05) is 0 Å². The molecule has 0 aromatic heterocycles. The van der Waals surface area contributed by atoms with Gasteiger partial charge in [0.1, 0.15) is 0 Å². The molecule has 0 aliphatic rings. The number of carboxylic acid groups (broad SMARTS) is 3. The van der Waals surface area contributed by atoms with Crippen molar-refractivity contribution in [1.82, 2.24) is 0 Å². The molecular formula is C27H24O12. The molecular weight excluding hydrogens is 516 g/mol. The Morgan fingerprint density at radius 1 is 0.410 bits per heavy atom. The number of carboxylic acids is 3. The summed E-state index contributed by atoms with van der Waals surface area (Å²) in [7, 11) is 0. The van der Waals surface area contributed by atoms with E-state index in [2.05, 4.69) is 0 Å². The molecule has 0 aliphatic carbocycles. The Morgan fingerprint density at radius 3 is 0.821 bits per heavy atom. The third-order valence-electron chi connectivity index (χ3n) is 4.25. The molecule has 0 aliphatic heterocycles. The summed E-state index contributed by atoms with van der Waals surface area (Å²) >= 11 is 0. The first kappa shape index (κ1) is 31.1. The van der Waals surface area contributed by atoms with Gasteiger partial charge in [0, 0.05) is 18.2 Å². The lowest BCUT2D eigenvalue weighted by atomic mass is 10.2. The first-order chi connectivity index (χ1) is 18.3. The number of aromatic hydroxyl groups is 6. The molecule has 0 atom stereocenters. The quantitative estimate of drug-likeness (QED) is 0.161. The van der Waals surface area contributed by atoms with E-state index in [1.807, 2.05) is 0 Å². The number of hydrogen-bond acceptors (Lipinski definition) is 9. The molecule has 0 bridgehead atoms. The zero-order valence-corrected chi connectivity index (χ0v) is 19.9. The molecule has 39 heavy (non-hydrogen) atoms. The molecule has 12 heteroatoms. The summed E-state index contributed by atoms with van der Waals surface area (Å²) in [6.45, 7) is 0. The number of phenols is 6. The third kappa shape index (κ3) is 12.6. The maximum absolute atomic E-state index is 10.1. The van der Waals surface area contributed by atoms with E-state index in [4.69, 9.17) is 46.0 Å². The summed E-state index contributed by atoms with van der Waals surface area (Å²) in [6, 6.07) is 12.2. The van der Waals surface area contributed by atoms with E-state index in [1.54, 1.807) is 0 Å². The van der Waals surface area contributed by atoms with E-state index in [9.17, 15) is 14.4 Å². The van der Waals surface area contributed by atoms with Gasteiger partial charge in [0.15, 0.2) is 34.5 Å². The highest BCUT2D eigenvalue weighted by atomic mass is 16.4. The molecule has 3 aromatic rings. The number of rotatable bonds is 6. The summed E-state index contributed by atoms with van der Waals surface area (Å²) in [5, 5.41) is 78.8. The van der Waals surface area contributed by atoms with Gasteiger partial charge in [0.05, 0.1) is 0 Å². The van der Waals surface area contributed by atoms with Crippen molar-refractivity contribution in [2.24, 2.45) is 0 Å². The van der Waals surface area contributed by atoms with Gasteiger partial charge >= 0.3 is 17.9 Å². The van der Waals surface area contributed by atoms with Gasteiger partial charge in [-0.25, -0.2) is 14.4 Å². The normalized spacial score (nSPS) is 10.5. The highest BCUT2D eigenvalue weighted by Crippen LogP contribution is 2.26. The van der Waals surface area contributed by atoms with Crippen LogP contribution in [0, 0.1) is 0 Å². The van der Waals surface area contributed by atoms with Crippen molar-refractivity contribution in [3.8, 4) is 34.5 Å². The molecule has 0 amide bonds. The first-order valence-electron chi connectivity index (χ1n) is 10.6. The highest BCUT2D eigenvalue weighted by molar-refractivity contribution is 5.86. The van der Waals surface area contributed by atoms with Gasteiger partial charge in [-0.1, -0.05) is 18.2 Å². The Kier molecular flexibility index (Phi) is 12.2. The molecule has 0 saturated carbocycles. The minimum Gasteiger partial charge on any atom is -0.504 e. The topological polar surface area (TPSA) is 233 Å². The van der Waals surface area contributed by atoms with E-state index in [-0.39, 0.29) is 34.5 Å². The van der Waals surface area contributed by atoms with E-state index < -0.39 is 17.9 Å². The van der Waals surface area contributed by atoms with Crippen molar-refractivity contribution >= 4 is 36.1 Å². The molecule has 3 aromatic carbocycles. The summed E-state index contributed by atoms with van der Waals surface area (Å²) in [4.78, 5) is 30.4. The van der Waals surface area contributed by atoms with Gasteiger partial charge < -0.3 is 46.0 Å². The minimum atomic E-state index is -1.06. The van der Waals surface area contributed by atoms with Gasteiger partial charge in [-0.2, -0.15) is 0 Å². The van der Waals surface area contributed by atoms with Crippen LogP contribution in [0.3, 0.4) is 0 Å². The molecule has 3 rings (SSSR count). The number of phenolic OH excluding ortho intramolecular Hbond substituents is 6. The smallest absolute Gasteiger partial charge is 0.328 e. The van der Waals surface area contributed by atoms with Gasteiger partial charge in [-0.3, -0.25) is 0 Å². The SMILES string of the molecule is O=C(O)/C=C/c1ccc(O)c(O)c1.O=C(O)C=Cc1ccc(O)c(O)c1.O=C(O)C=Cc1ccc(O)c(O)c1. The summed E-state index contributed by atoms with van der Waals surface area (Å²) in [5.74, 6) is -4.69. The van der Waals surface area contributed by atoms with E-state index in [0.717, 1.165) is 18.2 Å². The fraction of sp³-hybridized carbons (Fsp3) is 0. The van der Waals surface area contributed by atoms with Crippen molar-refractivity contribution in [3.05, 3.63) is 89.5 Å². The molecule has 9 N–H and O–H groups in total. The molecule has 0 spiro atoms. The lowest BCUT2D eigenvalue weighted by Crippen LogP contribution is -1.85. The molecule has 0 heterocycles. The van der Waals surface area contributed by atoms with Crippen LogP contribution < -0.4 is 0 Å². The third-order valence-corrected chi connectivity index (χ3v) is 4.25. The lowest BCUT2D eigenvalue weighted by Gasteiger charge is -1.97. The zero-order chi connectivity index (χ0) is 29.5. The summed E-state index contributed by atoms with van der Waals surface area (Å²) in [5.41, 5.74) is 1.54. The van der Waals surface area contributed by atoms with Crippen LogP contribution in [0.5, 0.6) is 34.5 Å². The molecule has 0 radical (unpaired) electrons. The number of carbonyl (C=O) groups is 3. The van der Waals surface area contributed by atoms with Crippen LogP contribution in [0.15, 0.2) is 72.8 Å². The highest BCUT2D eigenvalue weighted by Gasteiger charge is 2.00. The van der Waals surface area contributed by atoms with E-state index in [0.29, 0.717) is 16.7 Å². The zero-order valence-electron chi connectivity index (χ0n) is 19.9. The summed E-state index contributed by atoms with van der Waals surface area (Å²) < 4.78 is 0. The molecule has 204 valence electrons. The van der Waals surface area contributed by atoms with Gasteiger partial charge in [0.2, 0.25) is 0 Å². The van der Waals surface area contributed by atoms with Crippen LogP contribution in [-0.2, 0) is 14.4 Å². The second-order valence-electron chi connectivity index (χ2n) is 7.26. The first-order valence-corrected chi connectivity index (χ1v) is 10.6. The Morgan fingerprint density at radius 2 is 0.641 bits per heavy atom. The van der Waals surface area contributed by atoms with Gasteiger partial charge in [0.25, 0.3) is 0 Å². The van der Waals surface area contributed by atoms with Crippen molar-refractivity contribution in [2.45, 2.75) is 0 Å². The van der Waals surface area contributed by atoms with Crippen LogP contribution >= 0.6 is 0 Å². The van der Waals surface area contributed by atoms with Crippen molar-refractivity contribution in [1.29, 1.82) is 0 Å². The maximum atomic E-state index is 10.1. The fourth-order valence-electron chi connectivity index (χ4n) is 2.43. The Labute approximate surface area is 220 Å². The summed E-state index contributed by atoms with van der Waals surface area (Å²) in [6.07, 6.45) is 6.81. The number of aliphatic carboxylic acids is 3. The van der Waals surface area contributed by atoms with Crippen LogP contribution in [0.4, 0.5) is 0 Å². The Hall–Kier alpha value is -5.91. The average Bonchev–Trinajstić information content (AvgIpc) is 2.87. The number of benzene rings is 3. The Balaban J connectivity index is 0.000000292. The maximum Gasteiger partial charge on any atom is 0.328 e. The van der Waals surface area contributed by atoms with Crippen LogP contribution in [-0.4, -0.2) is 63.9 Å². The molecule has 0 unspecified atom stereocenters. The van der Waals surface area contributed by atoms with Crippen molar-refractivity contribution in [3.63, 3.8) is 0 Å². The van der Waals surface area contributed by atoms with Gasteiger partial charge in [-0.15, -0.1) is 0 Å². The molecule has 0 fully saturated rings. The van der Waals surface area contributed by atoms with Gasteiger partial charge in [-0.05, 0) is 71.3 Å². The largest absolute Gasteiger partial charge is 0.504 e. The average molecular weight is 540 g/mol. The van der Waals surface area contributed by atoms with Crippen LogP contribution in [0.1, 0.15) is 16.7 Å². The standard InChI is InChI=1S/3C9H8O4/c3*10-7-3-1-6(5-8(7)11)2-4-9(12)13/h3*1-5,10-11H,(H,12,13)/b4-2+;;. The predicted octanol–water partition coefficient (Wildman–Crippen LogP) is 3.59.